The molecule has 0 aromatic rings. The van der Waals surface area contributed by atoms with Crippen LogP contribution in [-0.4, -0.2) is 23.9 Å². The minimum atomic E-state index is -0.0960. The quantitative estimate of drug-likeness (QED) is 0.749. The van der Waals surface area contributed by atoms with Crippen LogP contribution in [0.25, 0.3) is 0 Å². The minimum Gasteiger partial charge on any atom is -0.351 e. The van der Waals surface area contributed by atoms with Crippen LogP contribution in [0.15, 0.2) is 0 Å². The van der Waals surface area contributed by atoms with E-state index in [0.29, 0.717) is 11.8 Å². The third kappa shape index (κ3) is 3.29. The monoisotopic (exact) mass is 386 g/mol. The Balaban J connectivity index is 1.24. The van der Waals surface area contributed by atoms with E-state index in [1.165, 1.54) is 51.4 Å². The fourth-order valence-corrected chi connectivity index (χ4v) is 7.30. The van der Waals surface area contributed by atoms with Crippen molar-refractivity contribution in [2.75, 3.05) is 0 Å². The molecular weight excluding hydrogens is 348 g/mol. The number of amides is 2. The Hall–Kier alpha value is -1.06. The Labute approximate surface area is 170 Å². The van der Waals surface area contributed by atoms with Crippen molar-refractivity contribution in [2.24, 2.45) is 22.7 Å². The second-order valence-electron chi connectivity index (χ2n) is 11.0. The van der Waals surface area contributed by atoms with Crippen LogP contribution in [0, 0.1) is 22.7 Å². The molecule has 4 bridgehead atoms. The molecule has 7 fully saturated rings. The van der Waals surface area contributed by atoms with Gasteiger partial charge in [-0.25, -0.2) is 0 Å². The number of fused-ring (bicyclic) bond motifs is 6. The van der Waals surface area contributed by atoms with Crippen LogP contribution >= 0.6 is 0 Å². The smallest absolute Gasteiger partial charge is 0.226 e. The van der Waals surface area contributed by atoms with Crippen molar-refractivity contribution in [3.63, 3.8) is 0 Å². The fourth-order valence-electron chi connectivity index (χ4n) is 7.30. The predicted molar refractivity (Wildman–Crippen MR) is 110 cm³/mol. The summed E-state index contributed by atoms with van der Waals surface area (Å²) >= 11 is 0. The zero-order chi connectivity index (χ0) is 19.2. The molecule has 7 saturated carbocycles. The molecule has 7 rings (SSSR count). The van der Waals surface area contributed by atoms with Crippen molar-refractivity contribution in [3.05, 3.63) is 0 Å². The summed E-state index contributed by atoms with van der Waals surface area (Å²) in [6, 6.07) is 0.270. The molecular formula is C24H38N2O2. The van der Waals surface area contributed by atoms with Crippen LogP contribution in [0.1, 0.15) is 103 Å². The number of rotatable bonds is 4. The Morgan fingerprint density at radius 2 is 0.857 bits per heavy atom. The second kappa shape index (κ2) is 7.32. The van der Waals surface area contributed by atoms with Gasteiger partial charge in [-0.15, -0.1) is 0 Å². The number of hydrogen-bond acceptors (Lipinski definition) is 2. The van der Waals surface area contributed by atoms with Crippen molar-refractivity contribution < 1.29 is 9.59 Å². The lowest BCUT2D eigenvalue weighted by atomic mass is 9.60. The molecule has 28 heavy (non-hydrogen) atoms. The molecule has 2 N–H and O–H groups in total. The summed E-state index contributed by atoms with van der Waals surface area (Å²) in [4.78, 5) is 26.6. The minimum absolute atomic E-state index is 0.0960. The van der Waals surface area contributed by atoms with Crippen LogP contribution in [0.4, 0.5) is 0 Å². The van der Waals surface area contributed by atoms with Crippen molar-refractivity contribution >= 4 is 11.8 Å². The summed E-state index contributed by atoms with van der Waals surface area (Å²) in [5, 5.41) is 6.90. The maximum absolute atomic E-state index is 13.3. The van der Waals surface area contributed by atoms with Gasteiger partial charge in [0, 0.05) is 22.9 Å². The zero-order valence-electron chi connectivity index (χ0n) is 17.4. The third-order valence-corrected chi connectivity index (χ3v) is 9.55. The van der Waals surface area contributed by atoms with E-state index in [0.717, 1.165) is 63.2 Å². The lowest BCUT2D eigenvalue weighted by molar-refractivity contribution is -0.141. The van der Waals surface area contributed by atoms with Gasteiger partial charge in [0.15, 0.2) is 0 Å². The number of carbonyl (C=O) groups is 2. The first-order chi connectivity index (χ1) is 13.6. The van der Waals surface area contributed by atoms with Gasteiger partial charge in [0.05, 0.1) is 0 Å². The van der Waals surface area contributed by atoms with E-state index in [-0.39, 0.29) is 22.9 Å². The van der Waals surface area contributed by atoms with Gasteiger partial charge in [0.1, 0.15) is 0 Å². The lowest BCUT2D eigenvalue weighted by Gasteiger charge is -2.47. The first-order valence-corrected chi connectivity index (χ1v) is 12.2. The Bertz CT molecular complexity index is 533. The molecule has 4 nitrogen and oxygen atoms in total. The van der Waals surface area contributed by atoms with Crippen molar-refractivity contribution in [3.8, 4) is 0 Å². The van der Waals surface area contributed by atoms with Gasteiger partial charge in [-0.2, -0.15) is 0 Å². The first kappa shape index (κ1) is 18.9. The van der Waals surface area contributed by atoms with Gasteiger partial charge in [-0.1, -0.05) is 12.8 Å². The molecule has 7 aliphatic rings. The number of nitrogens with one attached hydrogen (secondary N) is 2. The van der Waals surface area contributed by atoms with Crippen LogP contribution < -0.4 is 10.6 Å². The highest BCUT2D eigenvalue weighted by Crippen LogP contribution is 2.51. The summed E-state index contributed by atoms with van der Waals surface area (Å²) in [5.41, 5.74) is -0.192. The van der Waals surface area contributed by atoms with E-state index in [9.17, 15) is 9.59 Å². The van der Waals surface area contributed by atoms with Gasteiger partial charge in [-0.05, 0) is 102 Å². The van der Waals surface area contributed by atoms with Crippen molar-refractivity contribution in [1.82, 2.24) is 10.6 Å². The summed E-state index contributed by atoms with van der Waals surface area (Å²) < 4.78 is 0. The molecule has 0 saturated heterocycles. The molecule has 2 atom stereocenters. The van der Waals surface area contributed by atoms with E-state index < -0.39 is 0 Å². The summed E-state index contributed by atoms with van der Waals surface area (Å²) in [6.45, 7) is 0. The highest BCUT2D eigenvalue weighted by Gasteiger charge is 2.48. The average molecular weight is 387 g/mol. The fraction of sp³-hybridized carbons (Fsp3) is 0.917. The standard InChI is InChI=1S/C24H38N2O2/c27-21(23-11-5-17(6-12-23)7-13-23)25-19-3-1-2-4-20(19)26-22(28)24-14-8-18(9-15-24)10-16-24/h17-20H,1-16H2,(H,25,27)(H,26,28). The zero-order valence-corrected chi connectivity index (χ0v) is 17.4. The first-order valence-electron chi connectivity index (χ1n) is 12.2. The van der Waals surface area contributed by atoms with Crippen LogP contribution in [-0.2, 0) is 9.59 Å². The van der Waals surface area contributed by atoms with E-state index in [2.05, 4.69) is 10.6 Å². The van der Waals surface area contributed by atoms with Gasteiger partial charge < -0.3 is 10.6 Å². The lowest BCUT2D eigenvalue weighted by Crippen LogP contribution is -2.59. The maximum atomic E-state index is 13.3. The van der Waals surface area contributed by atoms with Crippen LogP contribution in [0.5, 0.6) is 0 Å². The van der Waals surface area contributed by atoms with E-state index in [1.54, 1.807) is 0 Å². The van der Waals surface area contributed by atoms with Crippen molar-refractivity contribution in [1.29, 1.82) is 0 Å². The third-order valence-electron chi connectivity index (χ3n) is 9.55. The molecule has 4 heteroatoms. The molecule has 7 aliphatic carbocycles. The summed E-state index contributed by atoms with van der Waals surface area (Å²) in [5.74, 6) is 2.35. The summed E-state index contributed by atoms with van der Waals surface area (Å²) in [6.07, 6.45) is 18.3. The van der Waals surface area contributed by atoms with E-state index >= 15 is 0 Å². The Morgan fingerprint density at radius 1 is 0.536 bits per heavy atom. The number of hydrogen-bond donors (Lipinski definition) is 2. The van der Waals surface area contributed by atoms with E-state index in [4.69, 9.17) is 0 Å². The SMILES string of the molecule is O=C(NC1CCCCC1NC(=O)C12CCC(CC1)CC2)C12CCC(CC1)CC2. The van der Waals surface area contributed by atoms with E-state index in [1.807, 2.05) is 0 Å². The van der Waals surface area contributed by atoms with Crippen LogP contribution in [0.2, 0.25) is 0 Å². The van der Waals surface area contributed by atoms with Crippen LogP contribution in [0.3, 0.4) is 0 Å². The molecule has 0 aromatic heterocycles. The Morgan fingerprint density at radius 3 is 1.18 bits per heavy atom. The molecule has 156 valence electrons. The molecule has 0 heterocycles. The molecule has 0 radical (unpaired) electrons. The molecule has 2 unspecified atom stereocenters. The highest BCUT2D eigenvalue weighted by atomic mass is 16.2. The second-order valence-corrected chi connectivity index (χ2v) is 11.0. The molecule has 2 amide bonds. The normalized spacial score (nSPS) is 44.9. The molecule has 0 aromatic carbocycles. The average Bonchev–Trinajstić information content (AvgIpc) is 2.77. The number of carbonyl (C=O) groups excluding carboxylic acids is 2. The van der Waals surface area contributed by atoms with Gasteiger partial charge >= 0.3 is 0 Å². The predicted octanol–water partition coefficient (Wildman–Crippen LogP) is 4.47. The van der Waals surface area contributed by atoms with Gasteiger partial charge in [-0.3, -0.25) is 9.59 Å². The highest BCUT2D eigenvalue weighted by molar-refractivity contribution is 5.84. The largest absolute Gasteiger partial charge is 0.351 e. The molecule has 0 spiro atoms. The maximum Gasteiger partial charge on any atom is 0.226 e. The molecule has 0 aliphatic heterocycles. The Kier molecular flexibility index (Phi) is 4.95. The van der Waals surface area contributed by atoms with Gasteiger partial charge in [0.2, 0.25) is 11.8 Å². The summed E-state index contributed by atoms with van der Waals surface area (Å²) in [7, 11) is 0. The van der Waals surface area contributed by atoms with Crippen molar-refractivity contribution in [2.45, 2.75) is 115 Å². The topological polar surface area (TPSA) is 58.2 Å². The van der Waals surface area contributed by atoms with Gasteiger partial charge in [0.25, 0.3) is 0 Å².